The minimum Gasteiger partial charge on any atom is -0.371 e. The van der Waals surface area contributed by atoms with Crippen LogP contribution in [0.5, 0.6) is 0 Å². The second-order valence-electron chi connectivity index (χ2n) is 5.40. The fraction of sp³-hybridized carbons (Fsp3) is 0.533. The first-order chi connectivity index (χ1) is 9.56. The van der Waals surface area contributed by atoms with E-state index in [9.17, 15) is 4.79 Å². The minimum atomic E-state index is -0.128. The Labute approximate surface area is 125 Å². The summed E-state index contributed by atoms with van der Waals surface area (Å²) in [6.07, 6.45) is 2.37. The molecule has 1 atom stereocenters. The third kappa shape index (κ3) is 4.69. The van der Waals surface area contributed by atoms with E-state index in [4.69, 9.17) is 16.3 Å². The Morgan fingerprint density at radius 2 is 2.05 bits per heavy atom. The summed E-state index contributed by atoms with van der Waals surface area (Å²) in [5, 5.41) is 3.57. The van der Waals surface area contributed by atoms with Crippen molar-refractivity contribution in [3.63, 3.8) is 0 Å². The molecule has 0 aliphatic heterocycles. The van der Waals surface area contributed by atoms with Crippen molar-refractivity contribution in [2.24, 2.45) is 5.92 Å². The highest BCUT2D eigenvalue weighted by Crippen LogP contribution is 2.31. The van der Waals surface area contributed by atoms with Crippen LogP contribution in [0.4, 0.5) is 4.79 Å². The average Bonchev–Trinajstić information content (AvgIpc) is 3.24. The smallest absolute Gasteiger partial charge is 0.316 e. The van der Waals surface area contributed by atoms with Gasteiger partial charge < -0.3 is 15.0 Å². The van der Waals surface area contributed by atoms with Crippen LogP contribution in [-0.2, 0) is 4.74 Å². The first-order valence-corrected chi connectivity index (χ1v) is 7.26. The largest absolute Gasteiger partial charge is 0.371 e. The molecular weight excluding hydrogens is 276 g/mol. The number of amides is 2. The summed E-state index contributed by atoms with van der Waals surface area (Å²) in [5.41, 5.74) is 1.04. The summed E-state index contributed by atoms with van der Waals surface area (Å²) < 4.78 is 5.95. The molecule has 1 aliphatic rings. The lowest BCUT2D eigenvalue weighted by molar-refractivity contribution is 0.0461. The van der Waals surface area contributed by atoms with Gasteiger partial charge in [0, 0.05) is 25.7 Å². The molecule has 0 aromatic heterocycles. The first-order valence-electron chi connectivity index (χ1n) is 6.88. The monoisotopic (exact) mass is 296 g/mol. The highest BCUT2D eigenvalue weighted by Gasteiger charge is 2.24. The molecule has 4 nitrogen and oxygen atoms in total. The Bertz CT molecular complexity index is 444. The second kappa shape index (κ2) is 6.95. The highest BCUT2D eigenvalue weighted by molar-refractivity contribution is 6.30. The van der Waals surface area contributed by atoms with Crippen molar-refractivity contribution in [1.82, 2.24) is 10.2 Å². The van der Waals surface area contributed by atoms with Gasteiger partial charge in [-0.1, -0.05) is 23.7 Å². The maximum Gasteiger partial charge on any atom is 0.316 e. The Morgan fingerprint density at radius 3 is 2.60 bits per heavy atom. The van der Waals surface area contributed by atoms with Crippen LogP contribution in [0.25, 0.3) is 0 Å². The SMILES string of the molecule is CN(C)C(=O)NC[C@@H](OCC1CC1)c1ccc(Cl)cc1. The van der Waals surface area contributed by atoms with E-state index in [0.29, 0.717) is 17.5 Å². The number of nitrogens with one attached hydrogen (secondary N) is 1. The van der Waals surface area contributed by atoms with Gasteiger partial charge in [0.15, 0.2) is 0 Å². The fourth-order valence-electron chi connectivity index (χ4n) is 1.83. The molecule has 1 aliphatic carbocycles. The molecule has 0 bridgehead atoms. The molecule has 2 amide bonds. The lowest BCUT2D eigenvalue weighted by Crippen LogP contribution is -2.37. The maximum absolute atomic E-state index is 11.6. The molecule has 1 N–H and O–H groups in total. The first kappa shape index (κ1) is 15.1. The summed E-state index contributed by atoms with van der Waals surface area (Å²) in [4.78, 5) is 13.1. The van der Waals surface area contributed by atoms with E-state index in [1.807, 2.05) is 24.3 Å². The van der Waals surface area contributed by atoms with E-state index in [1.165, 1.54) is 17.7 Å². The summed E-state index contributed by atoms with van der Waals surface area (Å²) in [7, 11) is 3.44. The Kier molecular flexibility index (Phi) is 5.26. The lowest BCUT2D eigenvalue weighted by Gasteiger charge is -2.20. The molecule has 0 spiro atoms. The van der Waals surface area contributed by atoms with Gasteiger partial charge in [0.25, 0.3) is 0 Å². The lowest BCUT2D eigenvalue weighted by atomic mass is 10.1. The molecule has 110 valence electrons. The zero-order valence-electron chi connectivity index (χ0n) is 11.9. The number of carbonyl (C=O) groups is 1. The number of benzene rings is 1. The molecule has 2 rings (SSSR count). The van der Waals surface area contributed by atoms with E-state index in [2.05, 4.69) is 5.32 Å². The second-order valence-corrected chi connectivity index (χ2v) is 5.83. The molecule has 0 saturated heterocycles. The van der Waals surface area contributed by atoms with Crippen LogP contribution >= 0.6 is 11.6 Å². The quantitative estimate of drug-likeness (QED) is 0.876. The van der Waals surface area contributed by atoms with Crippen molar-refractivity contribution in [3.05, 3.63) is 34.9 Å². The van der Waals surface area contributed by atoms with Gasteiger partial charge in [0.05, 0.1) is 12.7 Å². The molecule has 5 heteroatoms. The zero-order chi connectivity index (χ0) is 14.5. The summed E-state index contributed by atoms with van der Waals surface area (Å²) in [6, 6.07) is 7.47. The minimum absolute atomic E-state index is 0.112. The van der Waals surface area contributed by atoms with Gasteiger partial charge in [-0.3, -0.25) is 0 Å². The van der Waals surface area contributed by atoms with Gasteiger partial charge >= 0.3 is 6.03 Å². The van der Waals surface area contributed by atoms with E-state index < -0.39 is 0 Å². The molecule has 0 heterocycles. The summed E-state index contributed by atoms with van der Waals surface area (Å²) in [5.74, 6) is 0.689. The number of ether oxygens (including phenoxy) is 1. The van der Waals surface area contributed by atoms with Gasteiger partial charge in [-0.05, 0) is 36.5 Å². The molecule has 20 heavy (non-hydrogen) atoms. The van der Waals surface area contributed by atoms with E-state index in [-0.39, 0.29) is 12.1 Å². The van der Waals surface area contributed by atoms with Gasteiger partial charge in [-0.2, -0.15) is 0 Å². The molecule has 0 radical (unpaired) electrons. The van der Waals surface area contributed by atoms with Crippen molar-refractivity contribution in [3.8, 4) is 0 Å². The molecular formula is C15H21ClN2O2. The number of hydrogen-bond acceptors (Lipinski definition) is 2. The van der Waals surface area contributed by atoms with Crippen molar-refractivity contribution >= 4 is 17.6 Å². The molecule has 1 aromatic rings. The molecule has 1 saturated carbocycles. The van der Waals surface area contributed by atoms with Crippen LogP contribution in [0.3, 0.4) is 0 Å². The van der Waals surface area contributed by atoms with Crippen LogP contribution in [-0.4, -0.2) is 38.2 Å². The van der Waals surface area contributed by atoms with Crippen molar-refractivity contribution in [2.45, 2.75) is 18.9 Å². The van der Waals surface area contributed by atoms with E-state index >= 15 is 0 Å². The van der Waals surface area contributed by atoms with Gasteiger partial charge in [-0.15, -0.1) is 0 Å². The number of halogens is 1. The fourth-order valence-corrected chi connectivity index (χ4v) is 1.95. The topological polar surface area (TPSA) is 41.6 Å². The third-order valence-corrected chi connectivity index (χ3v) is 3.57. The van der Waals surface area contributed by atoms with Crippen molar-refractivity contribution in [1.29, 1.82) is 0 Å². The van der Waals surface area contributed by atoms with Crippen LogP contribution in [0.1, 0.15) is 24.5 Å². The predicted octanol–water partition coefficient (Wildman–Crippen LogP) is 3.08. The third-order valence-electron chi connectivity index (χ3n) is 3.32. The van der Waals surface area contributed by atoms with E-state index in [1.54, 1.807) is 14.1 Å². The Morgan fingerprint density at radius 1 is 1.40 bits per heavy atom. The summed E-state index contributed by atoms with van der Waals surface area (Å²) in [6.45, 7) is 1.22. The molecule has 1 fully saturated rings. The van der Waals surface area contributed by atoms with Crippen LogP contribution in [0, 0.1) is 5.92 Å². The predicted molar refractivity (Wildman–Crippen MR) is 80.0 cm³/mol. The number of rotatable bonds is 6. The van der Waals surface area contributed by atoms with Crippen LogP contribution in [0.2, 0.25) is 5.02 Å². The standard InChI is InChI=1S/C15H21ClN2O2/c1-18(2)15(19)17-9-14(20-10-11-3-4-11)12-5-7-13(16)8-6-12/h5-8,11,14H,3-4,9-10H2,1-2H3,(H,17,19)/t14-/m1/s1. The van der Waals surface area contributed by atoms with E-state index in [0.717, 1.165) is 12.2 Å². The van der Waals surface area contributed by atoms with Gasteiger partial charge in [-0.25, -0.2) is 4.79 Å². The normalized spacial score (nSPS) is 15.8. The number of hydrogen-bond donors (Lipinski definition) is 1. The van der Waals surface area contributed by atoms with Gasteiger partial charge in [0.1, 0.15) is 0 Å². The number of urea groups is 1. The summed E-state index contributed by atoms with van der Waals surface area (Å²) >= 11 is 5.91. The van der Waals surface area contributed by atoms with Crippen molar-refractivity contribution < 1.29 is 9.53 Å². The zero-order valence-corrected chi connectivity index (χ0v) is 12.7. The number of nitrogens with zero attached hydrogens (tertiary/aromatic N) is 1. The maximum atomic E-state index is 11.6. The highest BCUT2D eigenvalue weighted by atomic mass is 35.5. The van der Waals surface area contributed by atoms with Crippen LogP contribution < -0.4 is 5.32 Å². The van der Waals surface area contributed by atoms with Gasteiger partial charge in [0.2, 0.25) is 0 Å². The Hall–Kier alpha value is -1.26. The Balaban J connectivity index is 1.95. The molecule has 1 aromatic carbocycles. The molecule has 0 unspecified atom stereocenters. The van der Waals surface area contributed by atoms with Crippen molar-refractivity contribution in [2.75, 3.05) is 27.2 Å². The number of carbonyl (C=O) groups excluding carboxylic acids is 1. The average molecular weight is 297 g/mol. The van der Waals surface area contributed by atoms with Crippen LogP contribution in [0.15, 0.2) is 24.3 Å².